The van der Waals surface area contributed by atoms with Crippen LogP contribution >= 0.6 is 0 Å². The zero-order valence-corrected chi connectivity index (χ0v) is 11.7. The van der Waals surface area contributed by atoms with Gasteiger partial charge in [-0.2, -0.15) is 0 Å². The van der Waals surface area contributed by atoms with Crippen molar-refractivity contribution in [1.82, 2.24) is 4.90 Å². The van der Waals surface area contributed by atoms with E-state index in [4.69, 9.17) is 4.42 Å². The topological polar surface area (TPSA) is 16.4 Å². The van der Waals surface area contributed by atoms with E-state index in [1.54, 1.807) is 0 Å². The highest BCUT2D eigenvalue weighted by atomic mass is 16.3. The minimum absolute atomic E-state index is 0.712. The Morgan fingerprint density at radius 1 is 1.33 bits per heavy atom. The number of hydrogen-bond donors (Lipinski definition) is 0. The minimum Gasteiger partial charge on any atom is -0.464 e. The molecule has 0 N–H and O–H groups in total. The smallest absolute Gasteiger partial charge is 0.118 e. The highest BCUT2D eigenvalue weighted by molar-refractivity contribution is 5.17. The summed E-state index contributed by atoms with van der Waals surface area (Å²) in [5, 5.41) is 0. The molecule has 2 aliphatic carbocycles. The average Bonchev–Trinajstić information content (AvgIpc) is 3.27. The fourth-order valence-electron chi connectivity index (χ4n) is 2.79. The van der Waals surface area contributed by atoms with Gasteiger partial charge in [0.05, 0.1) is 6.54 Å². The molecule has 2 fully saturated rings. The first kappa shape index (κ1) is 12.3. The zero-order valence-electron chi connectivity index (χ0n) is 11.7. The first-order valence-electron chi connectivity index (χ1n) is 7.60. The van der Waals surface area contributed by atoms with Gasteiger partial charge in [-0.25, -0.2) is 0 Å². The molecule has 2 heteroatoms. The molecule has 100 valence electrons. The highest BCUT2D eigenvalue weighted by Crippen LogP contribution is 2.47. The normalized spacial score (nSPS) is 26.8. The second kappa shape index (κ2) is 5.08. The van der Waals surface area contributed by atoms with Crippen LogP contribution in [0.1, 0.15) is 63.4 Å². The molecule has 0 amide bonds. The van der Waals surface area contributed by atoms with Gasteiger partial charge in [0.25, 0.3) is 0 Å². The van der Waals surface area contributed by atoms with E-state index in [-0.39, 0.29) is 0 Å². The standard InChI is InChI=1S/C16H25NO/c1-3-4-9-17(13-5-6-13)11-14-7-8-16(18-14)15-10-12(15)2/h7-8,12-13,15H,3-6,9-11H2,1-2H3. The Labute approximate surface area is 110 Å². The van der Waals surface area contributed by atoms with Crippen LogP contribution < -0.4 is 0 Å². The Morgan fingerprint density at radius 3 is 2.72 bits per heavy atom. The second-order valence-electron chi connectivity index (χ2n) is 6.18. The molecule has 1 aromatic heterocycles. The van der Waals surface area contributed by atoms with Crippen LogP contribution in [0.5, 0.6) is 0 Å². The molecule has 2 unspecified atom stereocenters. The molecule has 0 spiro atoms. The lowest BCUT2D eigenvalue weighted by molar-refractivity contribution is 0.228. The SMILES string of the molecule is CCCCN(Cc1ccc(C2CC2C)o1)C1CC1. The van der Waals surface area contributed by atoms with Crippen molar-refractivity contribution in [3.05, 3.63) is 23.7 Å². The van der Waals surface area contributed by atoms with Gasteiger partial charge in [0.1, 0.15) is 11.5 Å². The van der Waals surface area contributed by atoms with Gasteiger partial charge >= 0.3 is 0 Å². The van der Waals surface area contributed by atoms with Gasteiger partial charge in [-0.3, -0.25) is 4.90 Å². The van der Waals surface area contributed by atoms with E-state index in [9.17, 15) is 0 Å². The molecule has 0 bridgehead atoms. The summed E-state index contributed by atoms with van der Waals surface area (Å²) in [5.74, 6) is 3.95. The Bertz CT molecular complexity index is 394. The van der Waals surface area contributed by atoms with Gasteiger partial charge in [-0.1, -0.05) is 20.3 Å². The quantitative estimate of drug-likeness (QED) is 0.719. The van der Waals surface area contributed by atoms with Gasteiger partial charge in [0, 0.05) is 12.0 Å². The minimum atomic E-state index is 0.712. The number of unbranched alkanes of at least 4 members (excludes halogenated alkanes) is 1. The Balaban J connectivity index is 1.57. The number of hydrogen-bond acceptors (Lipinski definition) is 2. The van der Waals surface area contributed by atoms with E-state index in [0.717, 1.165) is 18.5 Å². The Hall–Kier alpha value is -0.760. The molecular formula is C16H25NO. The van der Waals surface area contributed by atoms with Crippen LogP contribution in [0.3, 0.4) is 0 Å². The molecule has 2 saturated carbocycles. The van der Waals surface area contributed by atoms with Crippen LogP contribution in [-0.2, 0) is 6.54 Å². The molecule has 18 heavy (non-hydrogen) atoms. The van der Waals surface area contributed by atoms with Crippen LogP contribution in [0.25, 0.3) is 0 Å². The van der Waals surface area contributed by atoms with E-state index in [0.29, 0.717) is 5.92 Å². The van der Waals surface area contributed by atoms with Gasteiger partial charge in [0.15, 0.2) is 0 Å². The first-order valence-corrected chi connectivity index (χ1v) is 7.60. The lowest BCUT2D eigenvalue weighted by Crippen LogP contribution is -2.26. The molecule has 2 nitrogen and oxygen atoms in total. The van der Waals surface area contributed by atoms with E-state index in [2.05, 4.69) is 30.9 Å². The molecule has 2 atom stereocenters. The maximum absolute atomic E-state index is 6.02. The summed E-state index contributed by atoms with van der Waals surface area (Å²) >= 11 is 0. The summed E-state index contributed by atoms with van der Waals surface area (Å²) in [7, 11) is 0. The molecule has 3 rings (SSSR count). The third-order valence-electron chi connectivity index (χ3n) is 4.38. The number of furan rings is 1. The fraction of sp³-hybridized carbons (Fsp3) is 0.750. The summed E-state index contributed by atoms with van der Waals surface area (Å²) in [6.45, 7) is 6.83. The van der Waals surface area contributed by atoms with Gasteiger partial charge < -0.3 is 4.42 Å². The van der Waals surface area contributed by atoms with Crippen molar-refractivity contribution in [2.75, 3.05) is 6.54 Å². The van der Waals surface area contributed by atoms with E-state index in [1.165, 1.54) is 50.2 Å². The maximum Gasteiger partial charge on any atom is 0.118 e. The predicted molar refractivity (Wildman–Crippen MR) is 73.6 cm³/mol. The van der Waals surface area contributed by atoms with Crippen LogP contribution in [-0.4, -0.2) is 17.5 Å². The van der Waals surface area contributed by atoms with Crippen molar-refractivity contribution >= 4 is 0 Å². The fourth-order valence-corrected chi connectivity index (χ4v) is 2.79. The van der Waals surface area contributed by atoms with Gasteiger partial charge in [0.2, 0.25) is 0 Å². The van der Waals surface area contributed by atoms with Gasteiger partial charge in [-0.15, -0.1) is 0 Å². The van der Waals surface area contributed by atoms with Crippen molar-refractivity contribution in [2.45, 2.75) is 64.5 Å². The zero-order chi connectivity index (χ0) is 12.5. The maximum atomic E-state index is 6.02. The van der Waals surface area contributed by atoms with Crippen molar-refractivity contribution < 1.29 is 4.42 Å². The van der Waals surface area contributed by atoms with Crippen molar-refractivity contribution in [2.24, 2.45) is 5.92 Å². The highest BCUT2D eigenvalue weighted by Gasteiger charge is 2.37. The molecule has 2 aliphatic rings. The lowest BCUT2D eigenvalue weighted by Gasteiger charge is -2.20. The lowest BCUT2D eigenvalue weighted by atomic mass is 10.2. The molecule has 0 saturated heterocycles. The monoisotopic (exact) mass is 247 g/mol. The average molecular weight is 247 g/mol. The summed E-state index contributed by atoms with van der Waals surface area (Å²) in [6.07, 6.45) is 6.68. The Kier molecular flexibility index (Phi) is 3.47. The second-order valence-corrected chi connectivity index (χ2v) is 6.18. The van der Waals surface area contributed by atoms with E-state index in [1.807, 2.05) is 0 Å². The summed E-state index contributed by atoms with van der Waals surface area (Å²) in [4.78, 5) is 2.61. The van der Waals surface area contributed by atoms with Crippen LogP contribution in [0.2, 0.25) is 0 Å². The van der Waals surface area contributed by atoms with Crippen LogP contribution in [0.15, 0.2) is 16.5 Å². The molecule has 0 aromatic carbocycles. The first-order chi connectivity index (χ1) is 8.78. The van der Waals surface area contributed by atoms with Crippen molar-refractivity contribution in [3.63, 3.8) is 0 Å². The third-order valence-corrected chi connectivity index (χ3v) is 4.38. The summed E-state index contributed by atoms with van der Waals surface area (Å²) < 4.78 is 6.02. The summed E-state index contributed by atoms with van der Waals surface area (Å²) in [5.41, 5.74) is 0. The number of rotatable bonds is 7. The van der Waals surface area contributed by atoms with Crippen LogP contribution in [0.4, 0.5) is 0 Å². The summed E-state index contributed by atoms with van der Waals surface area (Å²) in [6, 6.07) is 5.24. The van der Waals surface area contributed by atoms with E-state index < -0.39 is 0 Å². The number of nitrogens with zero attached hydrogens (tertiary/aromatic N) is 1. The third kappa shape index (κ3) is 2.80. The van der Waals surface area contributed by atoms with Crippen molar-refractivity contribution in [1.29, 1.82) is 0 Å². The Morgan fingerprint density at radius 2 is 2.11 bits per heavy atom. The van der Waals surface area contributed by atoms with Crippen LogP contribution in [0, 0.1) is 5.92 Å². The van der Waals surface area contributed by atoms with Crippen molar-refractivity contribution in [3.8, 4) is 0 Å². The molecular weight excluding hydrogens is 222 g/mol. The molecule has 0 radical (unpaired) electrons. The molecule has 0 aliphatic heterocycles. The predicted octanol–water partition coefficient (Wildman–Crippen LogP) is 4.17. The molecule has 1 aromatic rings. The largest absolute Gasteiger partial charge is 0.464 e. The van der Waals surface area contributed by atoms with E-state index >= 15 is 0 Å². The van der Waals surface area contributed by atoms with Gasteiger partial charge in [-0.05, 0) is 50.3 Å². The molecule has 1 heterocycles.